The van der Waals surface area contributed by atoms with Gasteiger partial charge in [-0.25, -0.2) is 0 Å². The van der Waals surface area contributed by atoms with E-state index in [0.717, 1.165) is 50.5 Å². The van der Waals surface area contributed by atoms with Crippen LogP contribution in [0, 0.1) is 0 Å². The zero-order valence-electron chi connectivity index (χ0n) is 16.1. The van der Waals surface area contributed by atoms with E-state index in [9.17, 15) is 10.2 Å². The number of phenolic OH excluding ortho intramolecular Hbond substituents is 1. The van der Waals surface area contributed by atoms with E-state index in [-0.39, 0.29) is 6.61 Å². The molecule has 2 aromatic carbocycles. The largest absolute Gasteiger partial charge is 0.508 e. The van der Waals surface area contributed by atoms with Crippen LogP contribution in [-0.4, -0.2) is 58.9 Å². The number of aliphatic hydroxyl groups excluding tert-OH is 1. The van der Waals surface area contributed by atoms with Gasteiger partial charge < -0.3 is 14.9 Å². The maximum atomic E-state index is 9.68. The van der Waals surface area contributed by atoms with Gasteiger partial charge in [-0.3, -0.25) is 9.80 Å². The van der Waals surface area contributed by atoms with Gasteiger partial charge in [0.05, 0.1) is 6.61 Å². The SMILES string of the molecule is CCOc1ccccc1CN1CCN(Cc2cccc(O)c2)CC1CCO. The molecule has 3 rings (SSSR count). The molecule has 1 fully saturated rings. The average molecular weight is 370 g/mol. The van der Waals surface area contributed by atoms with E-state index in [1.807, 2.05) is 37.3 Å². The van der Waals surface area contributed by atoms with E-state index in [1.165, 1.54) is 5.56 Å². The molecule has 2 aromatic rings. The van der Waals surface area contributed by atoms with E-state index < -0.39 is 0 Å². The summed E-state index contributed by atoms with van der Waals surface area (Å²) in [6.07, 6.45) is 0.757. The molecule has 0 amide bonds. The number of aliphatic hydroxyl groups is 1. The molecule has 0 bridgehead atoms. The lowest BCUT2D eigenvalue weighted by Crippen LogP contribution is -2.52. The topological polar surface area (TPSA) is 56.2 Å². The minimum absolute atomic E-state index is 0.189. The molecule has 1 aliphatic rings. The Kier molecular flexibility index (Phi) is 7.10. The Bertz CT molecular complexity index is 722. The third-order valence-electron chi connectivity index (χ3n) is 5.11. The number of aromatic hydroxyl groups is 1. The number of piperazine rings is 1. The number of ether oxygens (including phenoxy) is 1. The normalized spacial score (nSPS) is 18.5. The average Bonchev–Trinajstić information content (AvgIpc) is 2.66. The fraction of sp³-hybridized carbons (Fsp3) is 0.455. The van der Waals surface area contributed by atoms with E-state index in [2.05, 4.69) is 21.9 Å². The van der Waals surface area contributed by atoms with Gasteiger partial charge in [0.15, 0.2) is 0 Å². The lowest BCUT2D eigenvalue weighted by molar-refractivity contribution is 0.0494. The van der Waals surface area contributed by atoms with E-state index >= 15 is 0 Å². The monoisotopic (exact) mass is 370 g/mol. The van der Waals surface area contributed by atoms with Crippen LogP contribution in [0.15, 0.2) is 48.5 Å². The highest BCUT2D eigenvalue weighted by atomic mass is 16.5. The van der Waals surface area contributed by atoms with Crippen molar-refractivity contribution in [3.8, 4) is 11.5 Å². The first-order valence-electron chi connectivity index (χ1n) is 9.75. The lowest BCUT2D eigenvalue weighted by atomic mass is 10.1. The zero-order chi connectivity index (χ0) is 19.1. The molecule has 0 aromatic heterocycles. The molecule has 27 heavy (non-hydrogen) atoms. The number of hydrogen-bond donors (Lipinski definition) is 2. The van der Waals surface area contributed by atoms with Gasteiger partial charge in [0, 0.05) is 50.9 Å². The first-order chi connectivity index (χ1) is 13.2. The summed E-state index contributed by atoms with van der Waals surface area (Å²) in [6.45, 7) is 7.33. The van der Waals surface area contributed by atoms with Crippen LogP contribution < -0.4 is 4.74 Å². The van der Waals surface area contributed by atoms with Gasteiger partial charge in [0.25, 0.3) is 0 Å². The zero-order valence-corrected chi connectivity index (χ0v) is 16.1. The Morgan fingerprint density at radius 3 is 2.70 bits per heavy atom. The predicted octanol–water partition coefficient (Wildman–Crippen LogP) is 2.86. The summed E-state index contributed by atoms with van der Waals surface area (Å²) < 4.78 is 5.77. The molecule has 1 heterocycles. The van der Waals surface area contributed by atoms with Crippen LogP contribution in [0.4, 0.5) is 0 Å². The molecule has 1 atom stereocenters. The second-order valence-electron chi connectivity index (χ2n) is 7.08. The van der Waals surface area contributed by atoms with E-state index in [0.29, 0.717) is 18.4 Å². The highest BCUT2D eigenvalue weighted by Crippen LogP contribution is 2.24. The summed E-state index contributed by atoms with van der Waals surface area (Å²) in [4.78, 5) is 4.85. The van der Waals surface area contributed by atoms with Crippen molar-refractivity contribution in [1.82, 2.24) is 9.80 Å². The smallest absolute Gasteiger partial charge is 0.123 e. The van der Waals surface area contributed by atoms with Crippen molar-refractivity contribution in [2.75, 3.05) is 32.8 Å². The second kappa shape index (κ2) is 9.74. The molecular formula is C22H30N2O3. The first-order valence-corrected chi connectivity index (χ1v) is 9.75. The van der Waals surface area contributed by atoms with E-state index in [4.69, 9.17) is 4.74 Å². The Morgan fingerprint density at radius 2 is 1.93 bits per heavy atom. The molecule has 0 spiro atoms. The molecule has 0 radical (unpaired) electrons. The van der Waals surface area contributed by atoms with Crippen molar-refractivity contribution in [2.45, 2.75) is 32.5 Å². The fourth-order valence-corrected chi connectivity index (χ4v) is 3.79. The molecule has 0 saturated carbocycles. The standard InChI is InChI=1S/C22H30N2O3/c1-2-27-22-9-4-3-7-19(22)16-24-12-11-23(17-20(24)10-13-25)15-18-6-5-8-21(26)14-18/h3-9,14,20,25-26H,2,10-13,15-17H2,1H3. The molecule has 1 saturated heterocycles. The fourth-order valence-electron chi connectivity index (χ4n) is 3.79. The summed E-state index contributed by atoms with van der Waals surface area (Å²) in [5, 5.41) is 19.2. The summed E-state index contributed by atoms with van der Waals surface area (Å²) in [5.41, 5.74) is 2.32. The second-order valence-corrected chi connectivity index (χ2v) is 7.08. The quantitative estimate of drug-likeness (QED) is 0.748. The molecule has 5 nitrogen and oxygen atoms in total. The van der Waals surface area contributed by atoms with Crippen LogP contribution in [0.25, 0.3) is 0 Å². The van der Waals surface area contributed by atoms with Crippen LogP contribution in [-0.2, 0) is 13.1 Å². The highest BCUT2D eigenvalue weighted by molar-refractivity contribution is 5.33. The van der Waals surface area contributed by atoms with E-state index in [1.54, 1.807) is 6.07 Å². The molecule has 1 unspecified atom stereocenters. The third-order valence-corrected chi connectivity index (χ3v) is 5.11. The van der Waals surface area contributed by atoms with Gasteiger partial charge in [-0.05, 0) is 37.1 Å². The van der Waals surface area contributed by atoms with Gasteiger partial charge >= 0.3 is 0 Å². The highest BCUT2D eigenvalue weighted by Gasteiger charge is 2.27. The van der Waals surface area contributed by atoms with Gasteiger partial charge in [0.2, 0.25) is 0 Å². The number of benzene rings is 2. The summed E-state index contributed by atoms with van der Waals surface area (Å²) in [6, 6.07) is 16.0. The van der Waals surface area contributed by atoms with Crippen molar-refractivity contribution in [3.63, 3.8) is 0 Å². The molecule has 1 aliphatic heterocycles. The number of hydrogen-bond acceptors (Lipinski definition) is 5. The minimum atomic E-state index is 0.189. The van der Waals surface area contributed by atoms with Crippen LogP contribution in [0.2, 0.25) is 0 Å². The molecule has 2 N–H and O–H groups in total. The molecule has 146 valence electrons. The lowest BCUT2D eigenvalue weighted by Gasteiger charge is -2.41. The Morgan fingerprint density at radius 1 is 1.07 bits per heavy atom. The van der Waals surface area contributed by atoms with Crippen molar-refractivity contribution in [2.24, 2.45) is 0 Å². The molecule has 0 aliphatic carbocycles. The van der Waals surface area contributed by atoms with Crippen molar-refractivity contribution in [1.29, 1.82) is 0 Å². The van der Waals surface area contributed by atoms with Crippen LogP contribution in [0.5, 0.6) is 11.5 Å². The van der Waals surface area contributed by atoms with Gasteiger partial charge in [0.1, 0.15) is 11.5 Å². The van der Waals surface area contributed by atoms with Gasteiger partial charge in [-0.1, -0.05) is 30.3 Å². The summed E-state index contributed by atoms with van der Waals surface area (Å²) in [7, 11) is 0. The van der Waals surface area contributed by atoms with Gasteiger partial charge in [-0.15, -0.1) is 0 Å². The Hall–Kier alpha value is -2.08. The number of nitrogens with zero attached hydrogens (tertiary/aromatic N) is 2. The third kappa shape index (κ3) is 5.45. The Balaban J connectivity index is 1.66. The minimum Gasteiger partial charge on any atom is -0.508 e. The number of phenols is 1. The van der Waals surface area contributed by atoms with Crippen molar-refractivity contribution < 1.29 is 14.9 Å². The molecular weight excluding hydrogens is 340 g/mol. The first kappa shape index (κ1) is 19.7. The number of rotatable bonds is 8. The summed E-state index contributed by atoms with van der Waals surface area (Å²) in [5.74, 6) is 1.26. The van der Waals surface area contributed by atoms with Crippen molar-refractivity contribution >= 4 is 0 Å². The van der Waals surface area contributed by atoms with Crippen LogP contribution in [0.3, 0.4) is 0 Å². The van der Waals surface area contributed by atoms with Gasteiger partial charge in [-0.2, -0.15) is 0 Å². The number of para-hydroxylation sites is 1. The maximum absolute atomic E-state index is 9.68. The Labute approximate surface area is 161 Å². The summed E-state index contributed by atoms with van der Waals surface area (Å²) >= 11 is 0. The van der Waals surface area contributed by atoms with Crippen LogP contribution in [0.1, 0.15) is 24.5 Å². The van der Waals surface area contributed by atoms with Crippen molar-refractivity contribution in [3.05, 3.63) is 59.7 Å². The maximum Gasteiger partial charge on any atom is 0.123 e. The predicted molar refractivity (Wildman–Crippen MR) is 107 cm³/mol. The van der Waals surface area contributed by atoms with Crippen LogP contribution >= 0.6 is 0 Å². The molecule has 5 heteroatoms.